The zero-order valence-corrected chi connectivity index (χ0v) is 13.5. The molecule has 1 heterocycles. The number of nitrogens with zero attached hydrogens (tertiary/aromatic N) is 3. The number of likely N-dealkylation sites (N-methyl/N-ethyl adjacent to an activating group) is 2. The zero-order chi connectivity index (χ0) is 13.9. The number of halogens is 1. The van der Waals surface area contributed by atoms with Crippen LogP contribution in [-0.2, 0) is 5.54 Å². The molecule has 110 valence electrons. The molecule has 0 fully saturated rings. The van der Waals surface area contributed by atoms with Gasteiger partial charge in [0.1, 0.15) is 0 Å². The van der Waals surface area contributed by atoms with Crippen LogP contribution in [0.1, 0.15) is 36.8 Å². The summed E-state index contributed by atoms with van der Waals surface area (Å²) in [7, 11) is 3.69. The standard InChI is InChI=1S/C13H24N4O.ClH/c1-10-11(9-15-17(10)13(2,3)4)12(18)16(6)8-7-14-5;/h9,14H,7-8H2,1-6H3;1H. The smallest absolute Gasteiger partial charge is 0.257 e. The Morgan fingerprint density at radius 2 is 2.05 bits per heavy atom. The van der Waals surface area contributed by atoms with Crippen LogP contribution in [0.5, 0.6) is 0 Å². The molecule has 0 aliphatic carbocycles. The van der Waals surface area contributed by atoms with Crippen LogP contribution in [0, 0.1) is 6.92 Å². The van der Waals surface area contributed by atoms with E-state index in [0.717, 1.165) is 12.2 Å². The third kappa shape index (κ3) is 4.21. The Labute approximate surface area is 121 Å². The van der Waals surface area contributed by atoms with Crippen molar-refractivity contribution < 1.29 is 4.79 Å². The first kappa shape index (κ1) is 17.9. The summed E-state index contributed by atoms with van der Waals surface area (Å²) >= 11 is 0. The molecule has 6 heteroatoms. The first-order valence-electron chi connectivity index (χ1n) is 6.24. The Morgan fingerprint density at radius 1 is 1.47 bits per heavy atom. The largest absolute Gasteiger partial charge is 0.340 e. The molecule has 1 N–H and O–H groups in total. The molecule has 1 aromatic rings. The van der Waals surface area contributed by atoms with E-state index in [2.05, 4.69) is 31.2 Å². The van der Waals surface area contributed by atoms with Crippen molar-refractivity contribution in [2.75, 3.05) is 27.2 Å². The molecular formula is C13H25ClN4O. The maximum Gasteiger partial charge on any atom is 0.257 e. The molecule has 0 aromatic carbocycles. The highest BCUT2D eigenvalue weighted by molar-refractivity contribution is 5.94. The van der Waals surface area contributed by atoms with Gasteiger partial charge in [-0.3, -0.25) is 9.48 Å². The summed E-state index contributed by atoms with van der Waals surface area (Å²) in [6, 6.07) is 0. The molecule has 19 heavy (non-hydrogen) atoms. The summed E-state index contributed by atoms with van der Waals surface area (Å²) in [5.41, 5.74) is 1.50. The van der Waals surface area contributed by atoms with Gasteiger partial charge in [-0.2, -0.15) is 5.10 Å². The van der Waals surface area contributed by atoms with Crippen molar-refractivity contribution in [3.05, 3.63) is 17.5 Å². The van der Waals surface area contributed by atoms with Crippen LogP contribution < -0.4 is 5.32 Å². The summed E-state index contributed by atoms with van der Waals surface area (Å²) in [6.07, 6.45) is 1.67. The normalized spacial score (nSPS) is 11.1. The van der Waals surface area contributed by atoms with Crippen LogP contribution in [0.3, 0.4) is 0 Å². The number of carbonyl (C=O) groups excluding carboxylic acids is 1. The molecule has 0 radical (unpaired) electrons. The molecule has 5 nitrogen and oxygen atoms in total. The van der Waals surface area contributed by atoms with Crippen molar-refractivity contribution in [3.63, 3.8) is 0 Å². The van der Waals surface area contributed by atoms with E-state index in [-0.39, 0.29) is 23.9 Å². The van der Waals surface area contributed by atoms with E-state index in [0.29, 0.717) is 12.1 Å². The minimum Gasteiger partial charge on any atom is -0.340 e. The quantitative estimate of drug-likeness (QED) is 0.917. The summed E-state index contributed by atoms with van der Waals surface area (Å²) in [5, 5.41) is 7.36. The Balaban J connectivity index is 0.00000324. The van der Waals surface area contributed by atoms with Crippen molar-refractivity contribution >= 4 is 18.3 Å². The van der Waals surface area contributed by atoms with E-state index in [4.69, 9.17) is 0 Å². The van der Waals surface area contributed by atoms with Gasteiger partial charge in [0.05, 0.1) is 17.3 Å². The molecule has 0 unspecified atom stereocenters. The monoisotopic (exact) mass is 288 g/mol. The molecule has 1 aromatic heterocycles. The van der Waals surface area contributed by atoms with Gasteiger partial charge in [-0.25, -0.2) is 0 Å². The number of aromatic nitrogens is 2. The van der Waals surface area contributed by atoms with Crippen molar-refractivity contribution in [1.29, 1.82) is 0 Å². The number of rotatable bonds is 4. The van der Waals surface area contributed by atoms with Gasteiger partial charge in [0.25, 0.3) is 5.91 Å². The van der Waals surface area contributed by atoms with Gasteiger partial charge in [-0.1, -0.05) is 0 Å². The highest BCUT2D eigenvalue weighted by Crippen LogP contribution is 2.19. The van der Waals surface area contributed by atoms with E-state index >= 15 is 0 Å². The van der Waals surface area contributed by atoms with Gasteiger partial charge < -0.3 is 10.2 Å². The fraction of sp³-hybridized carbons (Fsp3) is 0.692. The number of carbonyl (C=O) groups is 1. The molecule has 0 atom stereocenters. The van der Waals surface area contributed by atoms with Gasteiger partial charge in [0, 0.05) is 25.8 Å². The fourth-order valence-electron chi connectivity index (χ4n) is 1.88. The lowest BCUT2D eigenvalue weighted by atomic mass is 10.1. The summed E-state index contributed by atoms with van der Waals surface area (Å²) < 4.78 is 1.89. The average Bonchev–Trinajstić information content (AvgIpc) is 2.66. The number of hydrogen-bond donors (Lipinski definition) is 1. The van der Waals surface area contributed by atoms with E-state index in [1.807, 2.05) is 25.7 Å². The lowest BCUT2D eigenvalue weighted by Crippen LogP contribution is -2.33. The maximum atomic E-state index is 12.3. The van der Waals surface area contributed by atoms with Gasteiger partial charge in [-0.05, 0) is 34.7 Å². The lowest BCUT2D eigenvalue weighted by molar-refractivity contribution is 0.0796. The SMILES string of the molecule is CNCCN(C)C(=O)c1cnn(C(C)(C)C)c1C.Cl. The third-order valence-corrected chi connectivity index (χ3v) is 2.92. The molecule has 0 saturated heterocycles. The highest BCUT2D eigenvalue weighted by atomic mass is 35.5. The maximum absolute atomic E-state index is 12.3. The summed E-state index contributed by atoms with van der Waals surface area (Å²) in [5.74, 6) is 0.0262. The molecule has 0 saturated carbocycles. The van der Waals surface area contributed by atoms with Gasteiger partial charge in [0.2, 0.25) is 0 Å². The van der Waals surface area contributed by atoms with Gasteiger partial charge in [0.15, 0.2) is 0 Å². The molecular weight excluding hydrogens is 264 g/mol. The van der Waals surface area contributed by atoms with Crippen LogP contribution in [0.15, 0.2) is 6.20 Å². The molecule has 0 bridgehead atoms. The predicted molar refractivity (Wildman–Crippen MR) is 80.1 cm³/mol. The number of amides is 1. The third-order valence-electron chi connectivity index (χ3n) is 2.92. The van der Waals surface area contributed by atoms with Crippen molar-refractivity contribution in [2.24, 2.45) is 0 Å². The summed E-state index contributed by atoms with van der Waals surface area (Å²) in [6.45, 7) is 9.64. The summed E-state index contributed by atoms with van der Waals surface area (Å²) in [4.78, 5) is 14.0. The molecule has 1 rings (SSSR count). The van der Waals surface area contributed by atoms with Crippen molar-refractivity contribution in [3.8, 4) is 0 Å². The van der Waals surface area contributed by atoms with Gasteiger partial charge in [-0.15, -0.1) is 12.4 Å². The second-order valence-electron chi connectivity index (χ2n) is 5.56. The van der Waals surface area contributed by atoms with Crippen LogP contribution in [0.4, 0.5) is 0 Å². The van der Waals surface area contributed by atoms with Crippen LogP contribution in [0.25, 0.3) is 0 Å². The van der Waals surface area contributed by atoms with E-state index in [9.17, 15) is 4.79 Å². The first-order chi connectivity index (χ1) is 8.29. The van der Waals surface area contributed by atoms with Crippen molar-refractivity contribution in [1.82, 2.24) is 20.0 Å². The minimum atomic E-state index is -0.105. The van der Waals surface area contributed by atoms with Crippen LogP contribution in [-0.4, -0.2) is 47.8 Å². The Kier molecular flexibility index (Phi) is 6.52. The minimum absolute atomic E-state index is 0. The van der Waals surface area contributed by atoms with E-state index < -0.39 is 0 Å². The Bertz CT molecular complexity index is 423. The Hall–Kier alpha value is -1.07. The first-order valence-corrected chi connectivity index (χ1v) is 6.24. The zero-order valence-electron chi connectivity index (χ0n) is 12.6. The van der Waals surface area contributed by atoms with Crippen molar-refractivity contribution in [2.45, 2.75) is 33.2 Å². The predicted octanol–water partition coefficient (Wildman–Crippen LogP) is 1.66. The Morgan fingerprint density at radius 3 is 2.47 bits per heavy atom. The topological polar surface area (TPSA) is 50.2 Å². The van der Waals surface area contributed by atoms with Gasteiger partial charge >= 0.3 is 0 Å². The second kappa shape index (κ2) is 6.91. The lowest BCUT2D eigenvalue weighted by Gasteiger charge is -2.22. The molecule has 0 aliphatic rings. The number of hydrogen-bond acceptors (Lipinski definition) is 3. The average molecular weight is 289 g/mol. The fourth-order valence-corrected chi connectivity index (χ4v) is 1.88. The highest BCUT2D eigenvalue weighted by Gasteiger charge is 2.22. The van der Waals surface area contributed by atoms with Crippen LogP contribution in [0.2, 0.25) is 0 Å². The van der Waals surface area contributed by atoms with E-state index in [1.165, 1.54) is 0 Å². The molecule has 0 aliphatic heterocycles. The van der Waals surface area contributed by atoms with Crippen LogP contribution >= 0.6 is 12.4 Å². The second-order valence-corrected chi connectivity index (χ2v) is 5.56. The van der Waals surface area contributed by atoms with E-state index in [1.54, 1.807) is 11.1 Å². The molecule has 1 amide bonds. The molecule has 0 spiro atoms. The number of nitrogens with one attached hydrogen (secondary N) is 1.